The first-order valence-electron chi connectivity index (χ1n) is 9.14. The molecule has 1 fully saturated rings. The van der Waals surface area contributed by atoms with Crippen LogP contribution in [0.5, 0.6) is 0 Å². The van der Waals surface area contributed by atoms with E-state index in [1.165, 1.54) is 27.4 Å². The maximum Gasteiger partial charge on any atom is 0.410 e. The van der Waals surface area contributed by atoms with Crippen LogP contribution in [0.4, 0.5) is 10.5 Å². The van der Waals surface area contributed by atoms with E-state index in [-0.39, 0.29) is 37.0 Å². The Morgan fingerprint density at radius 3 is 2.14 bits per heavy atom. The number of sulfonamides is 1. The number of nitrogens with zero attached hydrogens (tertiary/aromatic N) is 3. The largest absolute Gasteiger partial charge is 0.444 e. The average Bonchev–Trinajstić information content (AvgIpc) is 3.06. The predicted molar refractivity (Wildman–Crippen MR) is 105 cm³/mol. The molecule has 0 radical (unpaired) electrons. The summed E-state index contributed by atoms with van der Waals surface area (Å²) in [5.74, 6) is -0.117. The van der Waals surface area contributed by atoms with Crippen molar-refractivity contribution in [2.75, 3.05) is 37.6 Å². The second kappa shape index (κ2) is 7.56. The van der Waals surface area contributed by atoms with Crippen LogP contribution in [0.25, 0.3) is 0 Å². The summed E-state index contributed by atoms with van der Waals surface area (Å²) in [6.45, 7) is 6.83. The summed E-state index contributed by atoms with van der Waals surface area (Å²) >= 11 is 0. The van der Waals surface area contributed by atoms with E-state index < -0.39 is 21.7 Å². The number of carbonyl (C=O) groups is 2. The lowest BCUT2D eigenvalue weighted by molar-refractivity contribution is -0.113. The first kappa shape index (κ1) is 20.3. The van der Waals surface area contributed by atoms with Crippen LogP contribution < -0.4 is 4.90 Å². The third kappa shape index (κ3) is 4.36. The normalized spacial score (nSPS) is 18.6. The van der Waals surface area contributed by atoms with Crippen LogP contribution in [0.3, 0.4) is 0 Å². The summed E-state index contributed by atoms with van der Waals surface area (Å²) in [4.78, 5) is 27.1. The van der Waals surface area contributed by atoms with E-state index in [9.17, 15) is 18.0 Å². The molecule has 0 bridgehead atoms. The molecular weight excluding hydrogens is 382 g/mol. The van der Waals surface area contributed by atoms with Crippen LogP contribution in [-0.4, -0.2) is 67.9 Å². The Hall–Kier alpha value is -2.39. The highest BCUT2D eigenvalue weighted by Gasteiger charge is 2.32. The average molecular weight is 407 g/mol. The van der Waals surface area contributed by atoms with Gasteiger partial charge in [0.2, 0.25) is 10.0 Å². The molecule has 2 aliphatic heterocycles. The van der Waals surface area contributed by atoms with Crippen LogP contribution in [0, 0.1) is 0 Å². The van der Waals surface area contributed by atoms with Crippen molar-refractivity contribution in [2.24, 2.45) is 0 Å². The molecule has 9 heteroatoms. The van der Waals surface area contributed by atoms with Crippen LogP contribution in [0.15, 0.2) is 41.3 Å². The molecule has 8 nitrogen and oxygen atoms in total. The van der Waals surface area contributed by atoms with Gasteiger partial charge in [0.25, 0.3) is 5.91 Å². The minimum Gasteiger partial charge on any atom is -0.444 e. The number of ether oxygens (including phenoxy) is 1. The second-order valence-electron chi connectivity index (χ2n) is 7.72. The fourth-order valence-corrected chi connectivity index (χ4v) is 4.48. The summed E-state index contributed by atoms with van der Waals surface area (Å²) in [6, 6.07) is 6.29. The second-order valence-corrected chi connectivity index (χ2v) is 9.65. The smallest absolute Gasteiger partial charge is 0.410 e. The highest BCUT2D eigenvalue weighted by atomic mass is 32.2. The number of amides is 2. The fraction of sp³-hybridized carbons (Fsp3) is 0.474. The highest BCUT2D eigenvalue weighted by molar-refractivity contribution is 7.89. The minimum absolute atomic E-state index is 0.117. The first-order valence-corrected chi connectivity index (χ1v) is 10.6. The van der Waals surface area contributed by atoms with Crippen molar-refractivity contribution in [3.05, 3.63) is 36.4 Å². The number of piperazine rings is 1. The molecule has 0 saturated carbocycles. The zero-order chi connectivity index (χ0) is 20.5. The molecule has 2 heterocycles. The Kier molecular flexibility index (Phi) is 5.49. The van der Waals surface area contributed by atoms with E-state index >= 15 is 0 Å². The van der Waals surface area contributed by atoms with Gasteiger partial charge in [0, 0.05) is 44.5 Å². The molecule has 2 amide bonds. The van der Waals surface area contributed by atoms with Crippen molar-refractivity contribution in [2.45, 2.75) is 31.3 Å². The van der Waals surface area contributed by atoms with Crippen LogP contribution >= 0.6 is 0 Å². The van der Waals surface area contributed by atoms with Crippen molar-refractivity contribution < 1.29 is 22.7 Å². The number of rotatable bonds is 3. The molecule has 0 aliphatic carbocycles. The van der Waals surface area contributed by atoms with E-state index in [0.717, 1.165) is 0 Å². The van der Waals surface area contributed by atoms with Crippen LogP contribution in [0.1, 0.15) is 20.8 Å². The van der Waals surface area contributed by atoms with Gasteiger partial charge in [-0.25, -0.2) is 13.2 Å². The molecule has 1 aromatic rings. The standard InChI is InChI=1S/C19H25N3O5S/c1-19(2,3)27-18(24)20-11-13-21(14-12-20)28(25,26)16-8-6-15(7-9-16)22-10-4-5-17(22)23/h4-9H,10-14H2,1-3H3. The summed E-state index contributed by atoms with van der Waals surface area (Å²) in [5, 5.41) is 0. The molecule has 0 N–H and O–H groups in total. The van der Waals surface area contributed by atoms with E-state index in [1.807, 2.05) is 0 Å². The van der Waals surface area contributed by atoms with E-state index in [0.29, 0.717) is 12.2 Å². The van der Waals surface area contributed by atoms with Crippen LogP contribution in [0.2, 0.25) is 0 Å². The quantitative estimate of drug-likeness (QED) is 0.763. The van der Waals surface area contributed by atoms with Crippen molar-refractivity contribution in [1.29, 1.82) is 0 Å². The number of hydrogen-bond donors (Lipinski definition) is 0. The van der Waals surface area contributed by atoms with Gasteiger partial charge in [-0.3, -0.25) is 4.79 Å². The van der Waals surface area contributed by atoms with Crippen molar-refractivity contribution >= 4 is 27.7 Å². The number of benzene rings is 1. The van der Waals surface area contributed by atoms with Crippen molar-refractivity contribution in [3.8, 4) is 0 Å². The molecule has 0 aromatic heterocycles. The third-order valence-corrected chi connectivity index (χ3v) is 6.40. The van der Waals surface area contributed by atoms with E-state index in [4.69, 9.17) is 4.74 Å². The van der Waals surface area contributed by atoms with Gasteiger partial charge in [-0.05, 0) is 45.0 Å². The Bertz CT molecular complexity index is 879. The molecule has 1 aromatic carbocycles. The van der Waals surface area contributed by atoms with E-state index in [1.54, 1.807) is 43.9 Å². The van der Waals surface area contributed by atoms with Gasteiger partial charge in [0.15, 0.2) is 0 Å². The predicted octanol–water partition coefficient (Wildman–Crippen LogP) is 1.83. The number of carbonyl (C=O) groups excluding carboxylic acids is 2. The lowest BCUT2D eigenvalue weighted by Crippen LogP contribution is -2.51. The van der Waals surface area contributed by atoms with Gasteiger partial charge in [0.05, 0.1) is 4.90 Å². The van der Waals surface area contributed by atoms with Gasteiger partial charge < -0.3 is 14.5 Å². The van der Waals surface area contributed by atoms with Crippen LogP contribution in [-0.2, 0) is 19.6 Å². The monoisotopic (exact) mass is 407 g/mol. The molecular formula is C19H25N3O5S. The van der Waals surface area contributed by atoms with Crippen molar-refractivity contribution in [1.82, 2.24) is 9.21 Å². The Balaban J connectivity index is 1.64. The summed E-state index contributed by atoms with van der Waals surface area (Å²) < 4.78 is 32.5. The zero-order valence-electron chi connectivity index (χ0n) is 16.3. The van der Waals surface area contributed by atoms with Gasteiger partial charge in [-0.2, -0.15) is 4.31 Å². The molecule has 152 valence electrons. The summed E-state index contributed by atoms with van der Waals surface area (Å²) in [6.07, 6.45) is 2.82. The molecule has 0 unspecified atom stereocenters. The molecule has 28 heavy (non-hydrogen) atoms. The minimum atomic E-state index is -3.66. The third-order valence-electron chi connectivity index (χ3n) is 4.49. The maximum atomic E-state index is 12.9. The Morgan fingerprint density at radius 2 is 1.64 bits per heavy atom. The molecule has 0 spiro atoms. The molecule has 2 aliphatic rings. The lowest BCUT2D eigenvalue weighted by atomic mass is 10.2. The highest BCUT2D eigenvalue weighted by Crippen LogP contribution is 2.23. The maximum absolute atomic E-state index is 12.9. The Labute approximate surface area is 165 Å². The fourth-order valence-electron chi connectivity index (χ4n) is 3.06. The lowest BCUT2D eigenvalue weighted by Gasteiger charge is -2.35. The van der Waals surface area contributed by atoms with E-state index in [2.05, 4.69) is 0 Å². The first-order chi connectivity index (χ1) is 13.1. The van der Waals surface area contributed by atoms with Gasteiger partial charge in [-0.1, -0.05) is 6.08 Å². The SMILES string of the molecule is CC(C)(C)OC(=O)N1CCN(S(=O)(=O)c2ccc(N3CC=CC3=O)cc2)CC1. The molecule has 3 rings (SSSR count). The van der Waals surface area contributed by atoms with Gasteiger partial charge in [-0.15, -0.1) is 0 Å². The number of anilines is 1. The summed E-state index contributed by atoms with van der Waals surface area (Å²) in [7, 11) is -3.66. The molecule has 1 saturated heterocycles. The molecule has 0 atom stereocenters. The van der Waals surface area contributed by atoms with Gasteiger partial charge >= 0.3 is 6.09 Å². The van der Waals surface area contributed by atoms with Crippen molar-refractivity contribution in [3.63, 3.8) is 0 Å². The summed E-state index contributed by atoms with van der Waals surface area (Å²) in [5.41, 5.74) is 0.0672. The number of hydrogen-bond acceptors (Lipinski definition) is 5. The topological polar surface area (TPSA) is 87.2 Å². The zero-order valence-corrected chi connectivity index (χ0v) is 17.1. The van der Waals surface area contributed by atoms with Gasteiger partial charge in [0.1, 0.15) is 5.60 Å². The Morgan fingerprint density at radius 1 is 1.04 bits per heavy atom.